The molecule has 8 heteroatoms. The van der Waals surface area contributed by atoms with Crippen LogP contribution in [0.15, 0.2) is 35.4 Å². The van der Waals surface area contributed by atoms with E-state index in [1.54, 1.807) is 6.07 Å². The number of alkyl halides is 3. The van der Waals surface area contributed by atoms with Crippen molar-refractivity contribution >= 4 is 11.6 Å². The predicted octanol–water partition coefficient (Wildman–Crippen LogP) is 1.58. The van der Waals surface area contributed by atoms with Crippen molar-refractivity contribution in [1.82, 2.24) is 5.01 Å². The molecule has 0 saturated carbocycles. The molecule has 1 aliphatic rings. The summed E-state index contributed by atoms with van der Waals surface area (Å²) in [7, 11) is 0. The van der Waals surface area contributed by atoms with E-state index in [0.717, 1.165) is 0 Å². The first kappa shape index (κ1) is 15.5. The number of aliphatic hydroxyl groups is 2. The second-order valence-electron chi connectivity index (χ2n) is 4.79. The van der Waals surface area contributed by atoms with Crippen LogP contribution in [0.1, 0.15) is 25.0 Å². The third kappa shape index (κ3) is 2.64. The number of aliphatic hydroxyl groups excluding tert-OH is 1. The van der Waals surface area contributed by atoms with Crippen molar-refractivity contribution in [1.29, 1.82) is 0 Å². The molecule has 0 radical (unpaired) electrons. The van der Waals surface area contributed by atoms with Gasteiger partial charge in [-0.3, -0.25) is 4.79 Å². The maximum absolute atomic E-state index is 13.0. The Morgan fingerprint density at radius 3 is 2.48 bits per heavy atom. The molecule has 2 atom stereocenters. The minimum atomic E-state index is -5.08. The number of carbonyl (C=O) groups is 1. The van der Waals surface area contributed by atoms with Gasteiger partial charge >= 0.3 is 6.18 Å². The van der Waals surface area contributed by atoms with Crippen LogP contribution in [0.3, 0.4) is 0 Å². The van der Waals surface area contributed by atoms with Crippen molar-refractivity contribution < 1.29 is 28.2 Å². The van der Waals surface area contributed by atoms with Gasteiger partial charge in [-0.25, -0.2) is 0 Å². The molecule has 1 aromatic rings. The van der Waals surface area contributed by atoms with Crippen molar-refractivity contribution in [3.05, 3.63) is 35.9 Å². The van der Waals surface area contributed by atoms with Gasteiger partial charge in [-0.15, -0.1) is 0 Å². The average Bonchev–Trinajstić information content (AvgIpc) is 2.74. The van der Waals surface area contributed by atoms with E-state index < -0.39 is 30.3 Å². The minimum absolute atomic E-state index is 0.0524. The van der Waals surface area contributed by atoms with Gasteiger partial charge in [0.05, 0.1) is 0 Å². The Kier molecular flexibility index (Phi) is 3.77. The van der Waals surface area contributed by atoms with Gasteiger partial charge in [0.25, 0.3) is 11.6 Å². The van der Waals surface area contributed by atoms with Crippen LogP contribution in [-0.4, -0.2) is 38.7 Å². The number of amides is 1. The van der Waals surface area contributed by atoms with E-state index >= 15 is 0 Å². The molecule has 1 aromatic carbocycles. The fraction of sp³-hybridized carbons (Fsp3) is 0.385. The molecule has 2 rings (SSSR count). The number of hydrogen-bond donors (Lipinski definition) is 2. The third-order valence-corrected chi connectivity index (χ3v) is 3.14. The molecular weight excluding hydrogens is 289 g/mol. The topological polar surface area (TPSA) is 73.1 Å². The second-order valence-corrected chi connectivity index (χ2v) is 4.79. The zero-order valence-corrected chi connectivity index (χ0v) is 11.0. The van der Waals surface area contributed by atoms with Crippen LogP contribution in [0.5, 0.6) is 0 Å². The van der Waals surface area contributed by atoms with E-state index in [0.29, 0.717) is 0 Å². The van der Waals surface area contributed by atoms with Crippen LogP contribution in [0.2, 0.25) is 0 Å². The summed E-state index contributed by atoms with van der Waals surface area (Å²) in [6.07, 6.45) is -7.76. The molecule has 114 valence electrons. The molecule has 0 saturated heterocycles. The number of hydrogen-bond acceptors (Lipinski definition) is 4. The number of halogens is 3. The van der Waals surface area contributed by atoms with Gasteiger partial charge in [-0.1, -0.05) is 30.3 Å². The lowest BCUT2D eigenvalue weighted by molar-refractivity contribution is -0.303. The summed E-state index contributed by atoms with van der Waals surface area (Å²) in [5.74, 6) is -1.34. The summed E-state index contributed by atoms with van der Waals surface area (Å²) < 4.78 is 39.0. The molecule has 0 bridgehead atoms. The molecular formula is C13H13F3N2O3. The van der Waals surface area contributed by atoms with E-state index in [1.165, 1.54) is 31.2 Å². The minimum Gasteiger partial charge on any atom is -0.378 e. The van der Waals surface area contributed by atoms with Crippen molar-refractivity contribution in [2.24, 2.45) is 5.10 Å². The Morgan fingerprint density at radius 2 is 1.95 bits per heavy atom. The van der Waals surface area contributed by atoms with Crippen molar-refractivity contribution in [2.45, 2.75) is 31.3 Å². The van der Waals surface area contributed by atoms with E-state index in [-0.39, 0.29) is 16.3 Å². The zero-order chi connectivity index (χ0) is 15.8. The highest BCUT2D eigenvalue weighted by molar-refractivity contribution is 5.90. The largest absolute Gasteiger partial charge is 0.438 e. The van der Waals surface area contributed by atoms with E-state index in [1.807, 2.05) is 0 Å². The molecule has 0 aromatic heterocycles. The highest BCUT2D eigenvalue weighted by Crippen LogP contribution is 2.41. The first-order chi connectivity index (χ1) is 9.67. The molecule has 21 heavy (non-hydrogen) atoms. The zero-order valence-electron chi connectivity index (χ0n) is 11.0. The molecule has 0 spiro atoms. The smallest absolute Gasteiger partial charge is 0.378 e. The molecule has 1 amide bonds. The lowest BCUT2D eigenvalue weighted by Gasteiger charge is -2.33. The van der Waals surface area contributed by atoms with Crippen molar-refractivity contribution in [3.8, 4) is 0 Å². The summed E-state index contributed by atoms with van der Waals surface area (Å²) >= 11 is 0. The lowest BCUT2D eigenvalue weighted by atomic mass is 10.0. The van der Waals surface area contributed by atoms with E-state index in [2.05, 4.69) is 5.10 Å². The first-order valence-corrected chi connectivity index (χ1v) is 6.07. The molecule has 1 heterocycles. The second kappa shape index (κ2) is 5.12. The Bertz CT molecular complexity index is 574. The Labute approximate surface area is 118 Å². The number of hydrazone groups is 1. The summed E-state index contributed by atoms with van der Waals surface area (Å²) in [5, 5.41) is 23.0. The van der Waals surface area contributed by atoms with Crippen LogP contribution < -0.4 is 0 Å². The molecule has 0 unspecified atom stereocenters. The maximum atomic E-state index is 13.0. The molecule has 2 N–H and O–H groups in total. The number of benzene rings is 1. The summed E-state index contributed by atoms with van der Waals surface area (Å²) in [5.41, 5.74) is -3.36. The van der Waals surface area contributed by atoms with Gasteiger partial charge in [0.1, 0.15) is 0 Å². The number of nitrogens with zero attached hydrogens (tertiary/aromatic N) is 2. The van der Waals surface area contributed by atoms with Crippen molar-refractivity contribution in [3.63, 3.8) is 0 Å². The van der Waals surface area contributed by atoms with Crippen LogP contribution in [0.4, 0.5) is 13.2 Å². The highest BCUT2D eigenvalue weighted by atomic mass is 19.4. The van der Waals surface area contributed by atoms with Crippen molar-refractivity contribution in [2.75, 3.05) is 0 Å². The summed E-state index contributed by atoms with van der Waals surface area (Å²) in [6.45, 7) is 1.26. The maximum Gasteiger partial charge on any atom is 0.438 e. The van der Waals surface area contributed by atoms with E-state index in [9.17, 15) is 28.2 Å². The van der Waals surface area contributed by atoms with Gasteiger partial charge in [-0.05, 0) is 12.5 Å². The lowest BCUT2D eigenvalue weighted by Crippen LogP contribution is -2.57. The first-order valence-electron chi connectivity index (χ1n) is 6.07. The van der Waals surface area contributed by atoms with Gasteiger partial charge in [-0.2, -0.15) is 23.3 Å². The Hall–Kier alpha value is -1.93. The average molecular weight is 302 g/mol. The normalized spacial score (nSPS) is 23.9. The highest BCUT2D eigenvalue weighted by Gasteiger charge is 2.63. The van der Waals surface area contributed by atoms with Gasteiger partial charge in [0.15, 0.2) is 6.10 Å². The predicted molar refractivity (Wildman–Crippen MR) is 67.0 cm³/mol. The monoisotopic (exact) mass is 302 g/mol. The summed E-state index contributed by atoms with van der Waals surface area (Å²) in [6, 6.07) is 7.47. The number of carbonyl (C=O) groups excluding carboxylic acids is 1. The number of rotatable bonds is 2. The molecule has 0 aliphatic carbocycles. The van der Waals surface area contributed by atoms with Gasteiger partial charge in [0.2, 0.25) is 0 Å². The molecule has 5 nitrogen and oxygen atoms in total. The SMILES string of the molecule is CC1=NN(C(=O)[C@H](O)c2ccccc2)[C@](O)(C(F)(F)F)C1. The van der Waals surface area contributed by atoms with E-state index in [4.69, 9.17) is 0 Å². The third-order valence-electron chi connectivity index (χ3n) is 3.14. The molecule has 0 fully saturated rings. The summed E-state index contributed by atoms with van der Waals surface area (Å²) in [4.78, 5) is 12.1. The fourth-order valence-electron chi connectivity index (χ4n) is 2.07. The van der Waals surface area contributed by atoms with Crippen LogP contribution in [-0.2, 0) is 4.79 Å². The van der Waals surface area contributed by atoms with Crippen LogP contribution in [0, 0.1) is 0 Å². The Morgan fingerprint density at radius 1 is 1.38 bits per heavy atom. The van der Waals surface area contributed by atoms with Crippen LogP contribution in [0.25, 0.3) is 0 Å². The Balaban J connectivity index is 2.33. The quantitative estimate of drug-likeness (QED) is 0.871. The fourth-order valence-corrected chi connectivity index (χ4v) is 2.07. The van der Waals surface area contributed by atoms with Gasteiger partial charge in [0, 0.05) is 12.1 Å². The van der Waals surface area contributed by atoms with Gasteiger partial charge < -0.3 is 10.2 Å². The molecule has 1 aliphatic heterocycles. The standard InChI is InChI=1S/C13H13F3N2O3/c1-8-7-12(21,13(14,15)16)18(17-8)11(20)10(19)9-5-3-2-4-6-9/h2-6,10,19,21H,7H2,1H3/t10-,12-/m1/s1. The van der Waals surface area contributed by atoms with Crippen LogP contribution >= 0.6 is 0 Å².